The molecule has 1 heterocycles. The Balaban J connectivity index is 2.23. The van der Waals surface area contributed by atoms with Gasteiger partial charge in [0.05, 0.1) is 26.4 Å². The molecular weight excluding hydrogens is 416 g/mol. The first-order valence-electron chi connectivity index (χ1n) is 8.61. The highest BCUT2D eigenvalue weighted by atomic mass is 32.1. The Bertz CT molecular complexity index is 969. The lowest BCUT2D eigenvalue weighted by molar-refractivity contribution is 0.0452. The molecule has 0 saturated carbocycles. The van der Waals surface area contributed by atoms with E-state index in [9.17, 15) is 19.2 Å². The van der Waals surface area contributed by atoms with Gasteiger partial charge < -0.3 is 24.7 Å². The number of rotatable bonds is 7. The van der Waals surface area contributed by atoms with Crippen LogP contribution in [-0.2, 0) is 25.6 Å². The molecule has 1 aromatic carbocycles. The van der Waals surface area contributed by atoms with Gasteiger partial charge in [0.25, 0.3) is 0 Å². The van der Waals surface area contributed by atoms with Crippen LogP contribution in [0.3, 0.4) is 0 Å². The largest absolute Gasteiger partial charge is 0.465 e. The van der Waals surface area contributed by atoms with Crippen molar-refractivity contribution in [3.05, 3.63) is 45.8 Å². The summed E-state index contributed by atoms with van der Waals surface area (Å²) in [6.07, 6.45) is -0.665. The molecule has 30 heavy (non-hydrogen) atoms. The molecule has 160 valence electrons. The van der Waals surface area contributed by atoms with E-state index in [1.54, 1.807) is 19.1 Å². The van der Waals surface area contributed by atoms with Gasteiger partial charge in [-0.15, -0.1) is 11.3 Å². The fraction of sp³-hybridized carbons (Fsp3) is 0.263. The number of benzene rings is 1. The third kappa shape index (κ3) is 5.26. The highest BCUT2D eigenvalue weighted by Gasteiger charge is 2.28. The van der Waals surface area contributed by atoms with Crippen molar-refractivity contribution in [2.45, 2.75) is 13.5 Å². The van der Waals surface area contributed by atoms with Crippen LogP contribution in [-0.4, -0.2) is 44.8 Å². The summed E-state index contributed by atoms with van der Waals surface area (Å²) in [6, 6.07) is 5.98. The van der Waals surface area contributed by atoms with E-state index in [-0.39, 0.29) is 33.2 Å². The van der Waals surface area contributed by atoms with E-state index in [4.69, 9.17) is 24.7 Å². The Hall–Kier alpha value is -3.60. The van der Waals surface area contributed by atoms with Gasteiger partial charge in [-0.25, -0.2) is 19.2 Å². The van der Waals surface area contributed by atoms with Crippen LogP contribution in [0.4, 0.5) is 15.5 Å². The number of methoxy groups -OCH3 is 2. The zero-order chi connectivity index (χ0) is 22.3. The molecule has 11 heteroatoms. The smallest absolute Gasteiger partial charge is 0.411 e. The molecule has 0 radical (unpaired) electrons. The molecular formula is C19H20N2O8S. The summed E-state index contributed by atoms with van der Waals surface area (Å²) in [5, 5.41) is 2.51. The predicted octanol–water partition coefficient (Wildman–Crippen LogP) is 2.83. The molecule has 0 aliphatic heterocycles. The number of amides is 1. The van der Waals surface area contributed by atoms with Crippen LogP contribution in [0.25, 0.3) is 0 Å². The number of nitrogens with two attached hydrogens (primary N) is 1. The average molecular weight is 436 g/mol. The van der Waals surface area contributed by atoms with E-state index in [0.717, 1.165) is 18.4 Å². The minimum absolute atomic E-state index is 0.0286. The number of hydrogen-bond donors (Lipinski definition) is 2. The molecule has 1 amide bonds. The van der Waals surface area contributed by atoms with Crippen molar-refractivity contribution in [1.29, 1.82) is 0 Å². The van der Waals surface area contributed by atoms with E-state index in [0.29, 0.717) is 5.69 Å². The predicted molar refractivity (Wildman–Crippen MR) is 108 cm³/mol. The zero-order valence-corrected chi connectivity index (χ0v) is 17.3. The first-order valence-corrected chi connectivity index (χ1v) is 9.42. The Morgan fingerprint density at radius 3 is 2.37 bits per heavy atom. The number of nitrogens with one attached hydrogen (secondary N) is 1. The molecule has 0 saturated heterocycles. The maximum absolute atomic E-state index is 12.5. The third-order valence-electron chi connectivity index (χ3n) is 3.76. The van der Waals surface area contributed by atoms with Crippen LogP contribution in [0, 0.1) is 0 Å². The molecule has 2 rings (SSSR count). The Labute approximate surface area is 175 Å². The van der Waals surface area contributed by atoms with Gasteiger partial charge in [-0.2, -0.15) is 0 Å². The maximum Gasteiger partial charge on any atom is 0.411 e. The van der Waals surface area contributed by atoms with Gasteiger partial charge in [0.1, 0.15) is 22.0 Å². The summed E-state index contributed by atoms with van der Waals surface area (Å²) in [5.74, 6) is -2.25. The Morgan fingerprint density at radius 2 is 1.73 bits per heavy atom. The lowest BCUT2D eigenvalue weighted by Gasteiger charge is -2.09. The molecule has 0 spiro atoms. The first-order chi connectivity index (χ1) is 14.3. The zero-order valence-electron chi connectivity index (χ0n) is 16.5. The number of hydrogen-bond acceptors (Lipinski definition) is 10. The summed E-state index contributed by atoms with van der Waals surface area (Å²) in [6.45, 7) is 1.44. The number of anilines is 2. The highest BCUT2D eigenvalue weighted by Crippen LogP contribution is 2.33. The van der Waals surface area contributed by atoms with Gasteiger partial charge in [0.15, 0.2) is 0 Å². The van der Waals surface area contributed by atoms with Crippen molar-refractivity contribution in [3.8, 4) is 0 Å². The lowest BCUT2D eigenvalue weighted by atomic mass is 10.1. The van der Waals surface area contributed by atoms with E-state index in [2.05, 4.69) is 5.32 Å². The number of ether oxygens (including phenoxy) is 4. The topological polar surface area (TPSA) is 143 Å². The summed E-state index contributed by atoms with van der Waals surface area (Å²) < 4.78 is 19.4. The van der Waals surface area contributed by atoms with Gasteiger partial charge in [0, 0.05) is 11.3 Å². The maximum atomic E-state index is 12.5. The molecule has 0 unspecified atom stereocenters. The molecule has 0 aliphatic carbocycles. The van der Waals surface area contributed by atoms with Crippen LogP contribution in [0.1, 0.15) is 42.9 Å². The second-order valence-corrected chi connectivity index (χ2v) is 6.69. The van der Waals surface area contributed by atoms with E-state index < -0.39 is 30.6 Å². The minimum atomic E-state index is -0.773. The summed E-state index contributed by atoms with van der Waals surface area (Å²) in [5.41, 5.74) is 6.32. The van der Waals surface area contributed by atoms with Gasteiger partial charge in [-0.05, 0) is 25.1 Å². The van der Waals surface area contributed by atoms with Gasteiger partial charge in [0.2, 0.25) is 0 Å². The third-order valence-corrected chi connectivity index (χ3v) is 4.80. The van der Waals surface area contributed by atoms with Crippen molar-refractivity contribution in [2.75, 3.05) is 31.9 Å². The number of carbonyl (C=O) groups excluding carboxylic acids is 4. The fourth-order valence-corrected chi connectivity index (χ4v) is 3.42. The Morgan fingerprint density at radius 1 is 1.03 bits per heavy atom. The normalized spacial score (nSPS) is 10.1. The van der Waals surface area contributed by atoms with Crippen molar-refractivity contribution in [3.63, 3.8) is 0 Å². The van der Waals surface area contributed by atoms with Gasteiger partial charge >= 0.3 is 24.0 Å². The first kappa shape index (κ1) is 22.7. The van der Waals surface area contributed by atoms with Crippen LogP contribution in [0.5, 0.6) is 0 Å². The number of nitrogen functional groups attached to an aromatic ring is 1. The Kier molecular flexibility index (Phi) is 7.76. The number of thiophene rings is 1. The van der Waals surface area contributed by atoms with Crippen LogP contribution >= 0.6 is 11.3 Å². The number of carbonyl (C=O) groups is 4. The van der Waals surface area contributed by atoms with Crippen molar-refractivity contribution in [2.24, 2.45) is 0 Å². The summed E-state index contributed by atoms with van der Waals surface area (Å²) in [7, 11) is 2.34. The molecule has 0 fully saturated rings. The second kappa shape index (κ2) is 10.3. The van der Waals surface area contributed by atoms with Crippen molar-refractivity contribution >= 4 is 46.0 Å². The standard InChI is InChI=1S/C19H20N2O8S/c1-4-28-19(25)21-11-7-5-6-10(8-11)16(22)29-9-12-13(17(23)26-2)15(20)30-14(12)18(24)27-3/h5-8H,4,9,20H2,1-3H3,(H,21,25). The van der Waals surface area contributed by atoms with Gasteiger partial charge in [-0.3, -0.25) is 5.32 Å². The monoisotopic (exact) mass is 436 g/mol. The molecule has 1 aromatic heterocycles. The molecule has 0 bridgehead atoms. The molecule has 0 atom stereocenters. The molecule has 2 aromatic rings. The molecule has 0 aliphatic rings. The second-order valence-electron chi connectivity index (χ2n) is 5.63. The summed E-state index contributed by atoms with van der Waals surface area (Å²) >= 11 is 0.828. The average Bonchev–Trinajstić information content (AvgIpc) is 3.07. The molecule has 10 nitrogen and oxygen atoms in total. The SMILES string of the molecule is CCOC(=O)Nc1cccc(C(=O)OCc2c(C(=O)OC)sc(N)c2C(=O)OC)c1. The van der Waals surface area contributed by atoms with Crippen LogP contribution in [0.15, 0.2) is 24.3 Å². The lowest BCUT2D eigenvalue weighted by Crippen LogP contribution is -2.14. The summed E-state index contributed by atoms with van der Waals surface area (Å²) in [4.78, 5) is 48.1. The molecule has 3 N–H and O–H groups in total. The van der Waals surface area contributed by atoms with Crippen LogP contribution in [0.2, 0.25) is 0 Å². The number of esters is 3. The van der Waals surface area contributed by atoms with Crippen molar-refractivity contribution in [1.82, 2.24) is 0 Å². The van der Waals surface area contributed by atoms with Crippen LogP contribution < -0.4 is 11.1 Å². The highest BCUT2D eigenvalue weighted by molar-refractivity contribution is 7.18. The van der Waals surface area contributed by atoms with Crippen molar-refractivity contribution < 1.29 is 38.1 Å². The quantitative estimate of drug-likeness (QED) is 0.494. The van der Waals surface area contributed by atoms with E-state index in [1.165, 1.54) is 19.2 Å². The van der Waals surface area contributed by atoms with E-state index in [1.807, 2.05) is 0 Å². The van der Waals surface area contributed by atoms with Gasteiger partial charge in [-0.1, -0.05) is 6.07 Å². The minimum Gasteiger partial charge on any atom is -0.465 e. The fourth-order valence-electron chi connectivity index (χ4n) is 2.44. The van der Waals surface area contributed by atoms with E-state index >= 15 is 0 Å².